The van der Waals surface area contributed by atoms with E-state index in [4.69, 9.17) is 10.5 Å². The lowest BCUT2D eigenvalue weighted by Crippen LogP contribution is -2.39. The predicted octanol–water partition coefficient (Wildman–Crippen LogP) is 0.928. The van der Waals surface area contributed by atoms with Gasteiger partial charge in [-0.15, -0.1) is 5.12 Å². The van der Waals surface area contributed by atoms with E-state index in [-0.39, 0.29) is 17.1 Å². The van der Waals surface area contributed by atoms with Crippen LogP contribution in [0, 0.1) is 11.8 Å². The van der Waals surface area contributed by atoms with Crippen molar-refractivity contribution in [2.45, 2.75) is 32.0 Å². The number of cyclic esters (lactones) is 1. The van der Waals surface area contributed by atoms with E-state index < -0.39 is 40.1 Å². The molecule has 1 aromatic carbocycles. The third-order valence-corrected chi connectivity index (χ3v) is 6.22. The number of primary amides is 1. The molecule has 5 atom stereocenters. The Morgan fingerprint density at radius 2 is 1.93 bits per heavy atom. The lowest BCUT2D eigenvalue weighted by atomic mass is 9.92. The summed E-state index contributed by atoms with van der Waals surface area (Å²) < 4.78 is 45.0. The van der Waals surface area contributed by atoms with Crippen molar-refractivity contribution in [3.63, 3.8) is 0 Å². The van der Waals surface area contributed by atoms with Crippen LogP contribution in [0.5, 0.6) is 0 Å². The van der Waals surface area contributed by atoms with E-state index in [1.165, 1.54) is 6.92 Å². The molecular formula is C18H25FN4O5S. The number of nitrogens with one attached hydrogen (secondary N) is 1. The Hall–Kier alpha value is -2.40. The molecule has 2 heterocycles. The summed E-state index contributed by atoms with van der Waals surface area (Å²) in [5, 5.41) is -0.0247. The molecule has 2 amide bonds. The Bertz CT molecular complexity index is 894. The van der Waals surface area contributed by atoms with Crippen LogP contribution in [0.1, 0.15) is 25.5 Å². The van der Waals surface area contributed by atoms with E-state index in [0.717, 1.165) is 11.9 Å². The van der Waals surface area contributed by atoms with Crippen molar-refractivity contribution in [3.8, 4) is 0 Å². The zero-order valence-corrected chi connectivity index (χ0v) is 17.2. The second-order valence-electron chi connectivity index (χ2n) is 7.77. The van der Waals surface area contributed by atoms with Crippen molar-refractivity contribution >= 4 is 27.7 Å². The zero-order chi connectivity index (χ0) is 21.5. The average molecular weight is 428 g/mol. The highest BCUT2D eigenvalue weighted by molar-refractivity contribution is 7.88. The van der Waals surface area contributed by atoms with Crippen LogP contribution in [0.3, 0.4) is 0 Å². The fraction of sp³-hybridized carbons (Fsp3) is 0.556. The Labute approximate surface area is 169 Å². The fourth-order valence-corrected chi connectivity index (χ4v) is 4.68. The van der Waals surface area contributed by atoms with E-state index in [1.54, 1.807) is 24.3 Å². The Morgan fingerprint density at radius 3 is 2.48 bits per heavy atom. The molecule has 5 unspecified atom stereocenters. The molecule has 2 fully saturated rings. The van der Waals surface area contributed by atoms with Crippen molar-refractivity contribution in [2.75, 3.05) is 24.2 Å². The van der Waals surface area contributed by atoms with Gasteiger partial charge in [-0.25, -0.2) is 17.9 Å². The Morgan fingerprint density at radius 1 is 1.31 bits per heavy atom. The maximum atomic E-state index is 14.3. The number of amides is 2. The maximum Gasteiger partial charge on any atom is 0.439 e. The maximum absolute atomic E-state index is 14.3. The summed E-state index contributed by atoms with van der Waals surface area (Å²) in [5.41, 5.74) is 6.61. The monoisotopic (exact) mass is 428 g/mol. The van der Waals surface area contributed by atoms with Crippen molar-refractivity contribution < 1.29 is 27.2 Å². The third kappa shape index (κ3) is 4.45. The largest absolute Gasteiger partial charge is 0.441 e. The minimum absolute atomic E-state index is 0.0247. The van der Waals surface area contributed by atoms with Crippen LogP contribution in [0.4, 0.5) is 15.0 Å². The molecule has 2 aliphatic heterocycles. The minimum Gasteiger partial charge on any atom is -0.441 e. The zero-order valence-electron chi connectivity index (χ0n) is 16.4. The number of hydrogen-bond donors (Lipinski definition) is 2. The number of anilines is 1. The Balaban J connectivity index is 1.77. The first-order valence-corrected chi connectivity index (χ1v) is 11.1. The number of rotatable bonds is 6. The van der Waals surface area contributed by atoms with Gasteiger partial charge in [-0.3, -0.25) is 4.79 Å². The number of halogens is 1. The number of sulfonamides is 1. The molecule has 3 N–H and O–H groups in total. The summed E-state index contributed by atoms with van der Waals surface area (Å²) in [4.78, 5) is 25.2. The number of carbonyl (C=O) groups is 2. The average Bonchev–Trinajstić information content (AvgIpc) is 3.13. The van der Waals surface area contributed by atoms with Crippen LogP contribution in [0.15, 0.2) is 24.3 Å². The molecule has 0 aromatic heterocycles. The van der Waals surface area contributed by atoms with E-state index in [9.17, 15) is 22.5 Å². The van der Waals surface area contributed by atoms with Crippen LogP contribution in [-0.4, -0.2) is 57.0 Å². The van der Waals surface area contributed by atoms with Crippen LogP contribution >= 0.6 is 0 Å². The van der Waals surface area contributed by atoms with Gasteiger partial charge in [0, 0.05) is 24.8 Å². The lowest BCUT2D eigenvalue weighted by Gasteiger charge is -2.23. The van der Waals surface area contributed by atoms with Crippen LogP contribution in [0.25, 0.3) is 0 Å². The van der Waals surface area contributed by atoms with Gasteiger partial charge in [0.25, 0.3) is 0 Å². The van der Waals surface area contributed by atoms with Gasteiger partial charge in [0.05, 0.1) is 12.2 Å². The quantitative estimate of drug-likeness (QED) is 0.650. The first-order valence-electron chi connectivity index (χ1n) is 9.25. The number of carbonyl (C=O) groups excluding carboxylic acids is 2. The highest BCUT2D eigenvalue weighted by Crippen LogP contribution is 2.38. The summed E-state index contributed by atoms with van der Waals surface area (Å²) in [6.07, 6.45) is -1.04. The Kier molecular flexibility index (Phi) is 5.72. The molecule has 3 rings (SSSR count). The normalized spacial score (nSPS) is 28.5. The molecule has 29 heavy (non-hydrogen) atoms. The molecular weight excluding hydrogens is 403 g/mol. The first-order chi connectivity index (χ1) is 13.5. The van der Waals surface area contributed by atoms with Crippen molar-refractivity contribution in [1.29, 1.82) is 0 Å². The highest BCUT2D eigenvalue weighted by atomic mass is 32.2. The van der Waals surface area contributed by atoms with Gasteiger partial charge in [-0.2, -0.15) is 0 Å². The standard InChI is InChI=1S/C18H25FN4O5S/c1-10-8-22(9-14(10)21-29(3,26)27)13-6-4-12(5-7-13)15-16(11(2)17(20)24)28-18(25)23(15)19/h4-7,10-11,14-16,21H,8-9H2,1-3H3,(H2,20,24). The molecule has 1 aromatic rings. The molecule has 160 valence electrons. The van der Waals surface area contributed by atoms with Gasteiger partial charge < -0.3 is 15.4 Å². The van der Waals surface area contributed by atoms with Gasteiger partial charge in [0.15, 0.2) is 0 Å². The molecule has 0 bridgehead atoms. The second kappa shape index (κ2) is 7.79. The molecule has 0 spiro atoms. The number of nitrogens with zero attached hydrogens (tertiary/aromatic N) is 2. The fourth-order valence-electron chi connectivity index (χ4n) is 3.82. The van der Waals surface area contributed by atoms with Gasteiger partial charge >= 0.3 is 6.09 Å². The summed E-state index contributed by atoms with van der Waals surface area (Å²) in [7, 11) is -3.30. The van der Waals surface area contributed by atoms with E-state index in [1.807, 2.05) is 11.8 Å². The second-order valence-corrected chi connectivity index (χ2v) is 9.55. The number of nitrogens with two attached hydrogens (primary N) is 1. The highest BCUT2D eigenvalue weighted by Gasteiger charge is 2.47. The van der Waals surface area contributed by atoms with Gasteiger partial charge in [0.1, 0.15) is 12.1 Å². The summed E-state index contributed by atoms with van der Waals surface area (Å²) >= 11 is 0. The summed E-state index contributed by atoms with van der Waals surface area (Å²) in [6.45, 7) is 4.63. The van der Waals surface area contributed by atoms with Gasteiger partial charge in [-0.05, 0) is 30.5 Å². The van der Waals surface area contributed by atoms with Crippen LogP contribution in [-0.2, 0) is 19.6 Å². The third-order valence-electron chi connectivity index (χ3n) is 5.49. The minimum atomic E-state index is -3.30. The van der Waals surface area contributed by atoms with E-state index >= 15 is 0 Å². The molecule has 0 aliphatic carbocycles. The van der Waals surface area contributed by atoms with Crippen LogP contribution < -0.4 is 15.4 Å². The van der Waals surface area contributed by atoms with E-state index in [0.29, 0.717) is 18.7 Å². The molecule has 0 radical (unpaired) electrons. The number of benzene rings is 1. The SMILES string of the molecule is CC1CN(c2ccc(C3C(C(C)C(N)=O)OC(=O)N3F)cc2)CC1NS(C)(=O)=O. The molecule has 9 nitrogen and oxygen atoms in total. The number of hydrogen-bond acceptors (Lipinski definition) is 6. The topological polar surface area (TPSA) is 122 Å². The first kappa shape index (κ1) is 21.3. The van der Waals surface area contributed by atoms with Gasteiger partial charge in [-0.1, -0.05) is 23.5 Å². The predicted molar refractivity (Wildman–Crippen MR) is 104 cm³/mol. The van der Waals surface area contributed by atoms with E-state index in [2.05, 4.69) is 4.72 Å². The lowest BCUT2D eigenvalue weighted by molar-refractivity contribution is -0.124. The van der Waals surface area contributed by atoms with Crippen molar-refractivity contribution in [3.05, 3.63) is 29.8 Å². The molecule has 2 saturated heterocycles. The molecule has 11 heteroatoms. The molecule has 2 aliphatic rings. The van der Waals surface area contributed by atoms with Crippen LogP contribution in [0.2, 0.25) is 0 Å². The van der Waals surface area contributed by atoms with Crippen molar-refractivity contribution in [1.82, 2.24) is 9.84 Å². The molecule has 0 saturated carbocycles. The van der Waals surface area contributed by atoms with Gasteiger partial charge in [0.2, 0.25) is 15.9 Å². The number of ether oxygens (including phenoxy) is 1. The van der Waals surface area contributed by atoms with Crippen molar-refractivity contribution in [2.24, 2.45) is 17.6 Å². The smallest absolute Gasteiger partial charge is 0.439 e. The summed E-state index contributed by atoms with van der Waals surface area (Å²) in [6, 6.07) is 5.60. The summed E-state index contributed by atoms with van der Waals surface area (Å²) in [5.74, 6) is -1.42.